The van der Waals surface area contributed by atoms with Gasteiger partial charge in [0.15, 0.2) is 0 Å². The second-order valence-corrected chi connectivity index (χ2v) is 5.36. The summed E-state index contributed by atoms with van der Waals surface area (Å²) in [5.74, 6) is 6.34. The fourth-order valence-corrected chi connectivity index (χ4v) is 2.75. The first-order valence-corrected chi connectivity index (χ1v) is 7.63. The summed E-state index contributed by atoms with van der Waals surface area (Å²) in [6.07, 6.45) is 4.55. The molecular weight excluding hydrogens is 260 g/mol. The van der Waals surface area contributed by atoms with Crippen molar-refractivity contribution in [3.63, 3.8) is 0 Å². The lowest BCUT2D eigenvalue weighted by molar-refractivity contribution is 0.0744. The summed E-state index contributed by atoms with van der Waals surface area (Å²) in [6.45, 7) is 3.95. The van der Waals surface area contributed by atoms with Crippen LogP contribution >= 0.6 is 11.8 Å². The maximum Gasteiger partial charge on any atom is 0.257 e. The van der Waals surface area contributed by atoms with Gasteiger partial charge in [-0.3, -0.25) is 15.6 Å². The number of nitrogens with one attached hydrogen (secondary N) is 1. The number of carbonyl (C=O) groups excluding carboxylic acids is 1. The molecule has 1 atom stereocenters. The van der Waals surface area contributed by atoms with Gasteiger partial charge in [0.05, 0.1) is 11.3 Å². The summed E-state index contributed by atoms with van der Waals surface area (Å²) in [7, 11) is 1.83. The predicted molar refractivity (Wildman–Crippen MR) is 81.3 cm³/mol. The number of aryl methyl sites for hydroxylation is 1. The van der Waals surface area contributed by atoms with Crippen molar-refractivity contribution in [2.24, 2.45) is 5.84 Å². The maximum atomic E-state index is 12.5. The molecular formula is C13H22N4OS. The lowest BCUT2D eigenvalue weighted by Gasteiger charge is -2.27. The van der Waals surface area contributed by atoms with Crippen LogP contribution in [0.5, 0.6) is 0 Å². The van der Waals surface area contributed by atoms with Crippen LogP contribution < -0.4 is 11.3 Å². The van der Waals surface area contributed by atoms with Crippen LogP contribution in [0.15, 0.2) is 12.3 Å². The number of carbonyl (C=O) groups is 1. The highest BCUT2D eigenvalue weighted by Crippen LogP contribution is 2.19. The molecule has 0 aromatic carbocycles. The highest BCUT2D eigenvalue weighted by atomic mass is 32.2. The van der Waals surface area contributed by atoms with E-state index < -0.39 is 0 Å². The number of thioether (sulfide) groups is 1. The number of hydrazine groups is 1. The number of nitrogen functional groups attached to an aromatic ring is 1. The van der Waals surface area contributed by atoms with E-state index in [-0.39, 0.29) is 11.9 Å². The Hall–Kier alpha value is -1.27. The number of rotatable bonds is 6. The Morgan fingerprint density at radius 1 is 1.63 bits per heavy atom. The molecule has 1 aromatic heterocycles. The molecule has 0 bridgehead atoms. The van der Waals surface area contributed by atoms with Gasteiger partial charge in [-0.25, -0.2) is 0 Å². The minimum atomic E-state index is -0.0543. The first kappa shape index (κ1) is 15.8. The van der Waals surface area contributed by atoms with Crippen molar-refractivity contribution in [3.8, 4) is 0 Å². The van der Waals surface area contributed by atoms with E-state index in [1.54, 1.807) is 28.9 Å². The van der Waals surface area contributed by atoms with Crippen LogP contribution in [0, 0.1) is 6.92 Å². The van der Waals surface area contributed by atoms with Gasteiger partial charge in [-0.1, -0.05) is 6.92 Å². The molecule has 0 saturated heterocycles. The van der Waals surface area contributed by atoms with Crippen LogP contribution in [0.2, 0.25) is 0 Å². The van der Waals surface area contributed by atoms with Crippen LogP contribution in [0.3, 0.4) is 0 Å². The molecule has 19 heavy (non-hydrogen) atoms. The molecule has 106 valence electrons. The zero-order chi connectivity index (χ0) is 14.4. The van der Waals surface area contributed by atoms with Crippen molar-refractivity contribution in [3.05, 3.63) is 23.5 Å². The summed E-state index contributed by atoms with van der Waals surface area (Å²) in [5.41, 5.74) is 4.51. The average molecular weight is 282 g/mol. The normalized spacial score (nSPS) is 12.1. The zero-order valence-corrected chi connectivity index (χ0v) is 12.8. The van der Waals surface area contributed by atoms with Crippen LogP contribution in [-0.4, -0.2) is 40.9 Å². The van der Waals surface area contributed by atoms with Crippen LogP contribution in [0.25, 0.3) is 0 Å². The van der Waals surface area contributed by atoms with Gasteiger partial charge >= 0.3 is 0 Å². The van der Waals surface area contributed by atoms with E-state index in [1.165, 1.54) is 0 Å². The molecule has 0 fully saturated rings. The molecule has 0 aliphatic carbocycles. The number of hydrogen-bond acceptors (Lipinski definition) is 5. The Labute approximate surface area is 118 Å². The van der Waals surface area contributed by atoms with E-state index in [0.717, 1.165) is 17.9 Å². The Bertz CT molecular complexity index is 439. The van der Waals surface area contributed by atoms with Crippen molar-refractivity contribution < 1.29 is 4.79 Å². The lowest BCUT2D eigenvalue weighted by Crippen LogP contribution is -2.38. The van der Waals surface area contributed by atoms with Gasteiger partial charge in [0.1, 0.15) is 0 Å². The predicted octanol–water partition coefficient (Wildman–Crippen LogP) is 1.89. The molecule has 3 N–H and O–H groups in total. The van der Waals surface area contributed by atoms with Gasteiger partial charge in [0.25, 0.3) is 5.91 Å². The fourth-order valence-electron chi connectivity index (χ4n) is 1.90. The third kappa shape index (κ3) is 3.84. The molecule has 1 heterocycles. The van der Waals surface area contributed by atoms with Crippen molar-refractivity contribution >= 4 is 23.4 Å². The van der Waals surface area contributed by atoms with Crippen LogP contribution in [-0.2, 0) is 0 Å². The topological polar surface area (TPSA) is 71.2 Å². The summed E-state index contributed by atoms with van der Waals surface area (Å²) < 4.78 is 0. The molecule has 1 rings (SSSR count). The standard InChI is InChI=1S/C13H22N4OS/c1-5-10(8-19-4)17(3)13(18)11-7-15-9(2)6-12(11)16-14/h6-7,10H,5,8,14H2,1-4H3,(H,15,16). The summed E-state index contributed by atoms with van der Waals surface area (Å²) in [5, 5.41) is 0. The molecule has 5 nitrogen and oxygen atoms in total. The average Bonchev–Trinajstić information content (AvgIpc) is 2.43. The van der Waals surface area contributed by atoms with Gasteiger partial charge in [0.2, 0.25) is 0 Å². The van der Waals surface area contributed by atoms with Crippen LogP contribution in [0.4, 0.5) is 5.69 Å². The third-order valence-electron chi connectivity index (χ3n) is 3.12. The molecule has 1 unspecified atom stereocenters. The first-order valence-electron chi connectivity index (χ1n) is 6.24. The van der Waals surface area contributed by atoms with Crippen LogP contribution in [0.1, 0.15) is 29.4 Å². The second-order valence-electron chi connectivity index (χ2n) is 4.45. The third-order valence-corrected chi connectivity index (χ3v) is 3.84. The fraction of sp³-hybridized carbons (Fsp3) is 0.538. The minimum absolute atomic E-state index is 0.0543. The molecule has 0 aliphatic rings. The molecule has 0 radical (unpaired) electrons. The van der Waals surface area contributed by atoms with Gasteiger partial charge in [-0.2, -0.15) is 11.8 Å². The number of hydrogen-bond donors (Lipinski definition) is 2. The van der Waals surface area contributed by atoms with Crippen molar-refractivity contribution in [1.29, 1.82) is 0 Å². The molecule has 0 spiro atoms. The van der Waals surface area contributed by atoms with E-state index in [4.69, 9.17) is 5.84 Å². The molecule has 1 aromatic rings. The molecule has 6 heteroatoms. The lowest BCUT2D eigenvalue weighted by atomic mass is 10.1. The Kier molecular flexibility index (Phi) is 6.11. The largest absolute Gasteiger partial charge is 0.338 e. The number of nitrogens with zero attached hydrogens (tertiary/aromatic N) is 2. The summed E-state index contributed by atoms with van der Waals surface area (Å²) >= 11 is 1.74. The Balaban J connectivity index is 2.99. The summed E-state index contributed by atoms with van der Waals surface area (Å²) in [6, 6.07) is 1.99. The molecule has 1 amide bonds. The van der Waals surface area contributed by atoms with Gasteiger partial charge in [0, 0.05) is 30.7 Å². The van der Waals surface area contributed by atoms with E-state index in [2.05, 4.69) is 17.3 Å². The van der Waals surface area contributed by atoms with E-state index in [9.17, 15) is 4.79 Å². The van der Waals surface area contributed by atoms with E-state index >= 15 is 0 Å². The van der Waals surface area contributed by atoms with Crippen molar-refractivity contribution in [2.75, 3.05) is 24.5 Å². The van der Waals surface area contributed by atoms with Gasteiger partial charge in [-0.15, -0.1) is 0 Å². The Morgan fingerprint density at radius 2 is 2.32 bits per heavy atom. The second kappa shape index (κ2) is 7.35. The van der Waals surface area contributed by atoms with Crippen molar-refractivity contribution in [1.82, 2.24) is 9.88 Å². The number of amides is 1. The first-order chi connectivity index (χ1) is 9.04. The monoisotopic (exact) mass is 282 g/mol. The smallest absolute Gasteiger partial charge is 0.257 e. The van der Waals surface area contributed by atoms with Gasteiger partial charge in [-0.05, 0) is 25.7 Å². The zero-order valence-electron chi connectivity index (χ0n) is 11.9. The van der Waals surface area contributed by atoms with Crippen molar-refractivity contribution in [2.45, 2.75) is 26.3 Å². The molecule has 0 saturated carbocycles. The molecule has 0 aliphatic heterocycles. The number of aromatic nitrogens is 1. The highest BCUT2D eigenvalue weighted by molar-refractivity contribution is 7.98. The highest BCUT2D eigenvalue weighted by Gasteiger charge is 2.21. The quantitative estimate of drug-likeness (QED) is 0.616. The minimum Gasteiger partial charge on any atom is -0.338 e. The summed E-state index contributed by atoms with van der Waals surface area (Å²) in [4.78, 5) is 18.4. The Morgan fingerprint density at radius 3 is 2.84 bits per heavy atom. The SMILES string of the molecule is CCC(CSC)N(C)C(=O)c1cnc(C)cc1NN. The number of anilines is 1. The maximum absolute atomic E-state index is 12.5. The van der Waals surface area contributed by atoms with E-state index in [0.29, 0.717) is 11.3 Å². The van der Waals surface area contributed by atoms with Gasteiger partial charge < -0.3 is 10.3 Å². The number of nitrogens with two attached hydrogens (primary N) is 1. The van der Waals surface area contributed by atoms with E-state index in [1.807, 2.05) is 20.2 Å². The number of pyridine rings is 1.